The van der Waals surface area contributed by atoms with E-state index in [9.17, 15) is 0 Å². The summed E-state index contributed by atoms with van der Waals surface area (Å²) in [5, 5.41) is 14.4. The molecule has 0 radical (unpaired) electrons. The third kappa shape index (κ3) is 12.5. The first kappa shape index (κ1) is 14.4. The van der Waals surface area contributed by atoms with Crippen LogP contribution in [0, 0.1) is 5.41 Å². The van der Waals surface area contributed by atoms with Crippen LogP contribution in [-0.4, -0.2) is 48.3 Å². The molecule has 0 saturated heterocycles. The zero-order valence-electron chi connectivity index (χ0n) is 7.89. The van der Waals surface area contributed by atoms with Crippen LogP contribution in [0.2, 0.25) is 0 Å². The largest absolute Gasteiger partial charge is 0.476 e. The van der Waals surface area contributed by atoms with Gasteiger partial charge in [0.15, 0.2) is 5.96 Å². The van der Waals surface area contributed by atoms with Crippen LogP contribution >= 0.6 is 0 Å². The van der Waals surface area contributed by atoms with Crippen molar-refractivity contribution in [1.82, 2.24) is 4.90 Å². The van der Waals surface area contributed by atoms with Gasteiger partial charge >= 0.3 is 5.97 Å². The molecule has 14 heavy (non-hydrogen) atoms. The van der Waals surface area contributed by atoms with Gasteiger partial charge in [-0.2, -0.15) is 4.99 Å². The first-order valence-electron chi connectivity index (χ1n) is 3.34. The highest BCUT2D eigenvalue weighted by Gasteiger charge is 1.93. The maximum Gasteiger partial charge on any atom is 0.368 e. The second kappa shape index (κ2) is 7.53. The molecule has 0 heterocycles. The summed E-state index contributed by atoms with van der Waals surface area (Å²) in [7, 11) is 3.38. The number of nitrogens with one attached hydrogen (secondary N) is 1. The SMILES string of the molecule is CN(C)C(=N)N=C(N)N.O=CC(=O)O. The average Bonchev–Trinajstić information content (AvgIpc) is 2.04. The van der Waals surface area contributed by atoms with E-state index in [1.165, 1.54) is 4.90 Å². The minimum atomic E-state index is -1.43. The van der Waals surface area contributed by atoms with Crippen molar-refractivity contribution < 1.29 is 14.7 Å². The van der Waals surface area contributed by atoms with E-state index in [1.807, 2.05) is 0 Å². The number of nitrogens with two attached hydrogens (primary N) is 2. The second-order valence-electron chi connectivity index (χ2n) is 2.21. The molecular weight excluding hydrogens is 190 g/mol. The summed E-state index contributed by atoms with van der Waals surface area (Å²) < 4.78 is 0. The number of carboxylic acid groups (broad SMARTS) is 1. The molecule has 0 aromatic rings. The Balaban J connectivity index is 0. The Morgan fingerprint density at radius 2 is 1.86 bits per heavy atom. The van der Waals surface area contributed by atoms with E-state index in [2.05, 4.69) is 4.99 Å². The minimum absolute atomic E-state index is 0.0509. The van der Waals surface area contributed by atoms with Crippen molar-refractivity contribution >= 4 is 24.2 Å². The maximum atomic E-state index is 9.00. The molecule has 0 bridgehead atoms. The maximum absolute atomic E-state index is 9.00. The van der Waals surface area contributed by atoms with E-state index in [0.29, 0.717) is 0 Å². The predicted octanol–water partition coefficient (Wildman–Crippen LogP) is -1.97. The zero-order chi connectivity index (χ0) is 11.7. The highest BCUT2D eigenvalue weighted by molar-refractivity contribution is 6.19. The fourth-order valence-corrected chi connectivity index (χ4v) is 0.222. The fraction of sp³-hybridized carbons (Fsp3) is 0.333. The van der Waals surface area contributed by atoms with E-state index >= 15 is 0 Å². The van der Waals surface area contributed by atoms with Crippen molar-refractivity contribution in [3.63, 3.8) is 0 Å². The average molecular weight is 203 g/mol. The van der Waals surface area contributed by atoms with Gasteiger partial charge in [0.1, 0.15) is 0 Å². The summed E-state index contributed by atoms with van der Waals surface area (Å²) >= 11 is 0. The molecule has 0 aliphatic rings. The summed E-state index contributed by atoms with van der Waals surface area (Å²) in [6, 6.07) is 0. The molecule has 0 fully saturated rings. The fourth-order valence-electron chi connectivity index (χ4n) is 0.222. The smallest absolute Gasteiger partial charge is 0.368 e. The third-order valence-corrected chi connectivity index (χ3v) is 0.759. The van der Waals surface area contributed by atoms with Crippen molar-refractivity contribution in [3.05, 3.63) is 0 Å². The molecule has 0 rings (SSSR count). The molecule has 0 aliphatic carbocycles. The summed E-state index contributed by atoms with van der Waals surface area (Å²) in [5.74, 6) is -1.46. The summed E-state index contributed by atoms with van der Waals surface area (Å²) in [6.45, 7) is 0. The molecule has 0 unspecified atom stereocenters. The van der Waals surface area contributed by atoms with Crippen LogP contribution in [0.3, 0.4) is 0 Å². The summed E-state index contributed by atoms with van der Waals surface area (Å²) in [6.07, 6.45) is -0.167. The molecular formula is C6H13N5O3. The van der Waals surface area contributed by atoms with Gasteiger partial charge in [-0.15, -0.1) is 0 Å². The number of hydrogen-bond acceptors (Lipinski definition) is 3. The Morgan fingerprint density at radius 3 is 1.93 bits per heavy atom. The number of guanidine groups is 2. The monoisotopic (exact) mass is 203 g/mol. The quantitative estimate of drug-likeness (QED) is 0.168. The topological polar surface area (TPSA) is 146 Å². The Morgan fingerprint density at radius 1 is 1.50 bits per heavy atom. The van der Waals surface area contributed by atoms with Crippen LogP contribution < -0.4 is 11.5 Å². The highest BCUT2D eigenvalue weighted by atomic mass is 16.4. The van der Waals surface area contributed by atoms with Gasteiger partial charge in [0, 0.05) is 14.1 Å². The van der Waals surface area contributed by atoms with Gasteiger partial charge in [-0.05, 0) is 0 Å². The van der Waals surface area contributed by atoms with E-state index in [4.69, 9.17) is 31.6 Å². The molecule has 0 amide bonds. The summed E-state index contributed by atoms with van der Waals surface area (Å²) in [4.78, 5) is 22.9. The van der Waals surface area contributed by atoms with Crippen LogP contribution in [0.5, 0.6) is 0 Å². The molecule has 6 N–H and O–H groups in total. The van der Waals surface area contributed by atoms with E-state index in [0.717, 1.165) is 0 Å². The summed E-state index contributed by atoms with van der Waals surface area (Å²) in [5.41, 5.74) is 9.98. The molecule has 0 saturated carbocycles. The molecule has 0 spiro atoms. The Labute approximate surface area is 80.7 Å². The lowest BCUT2D eigenvalue weighted by atomic mass is 10.8. The Hall–Kier alpha value is -2.12. The molecule has 8 nitrogen and oxygen atoms in total. The first-order chi connectivity index (χ1) is 6.31. The van der Waals surface area contributed by atoms with Crippen LogP contribution in [0.15, 0.2) is 4.99 Å². The zero-order valence-corrected chi connectivity index (χ0v) is 7.89. The second-order valence-corrected chi connectivity index (χ2v) is 2.21. The number of hydrogen-bond donors (Lipinski definition) is 4. The number of rotatable bonds is 1. The lowest BCUT2D eigenvalue weighted by Gasteiger charge is -2.07. The molecule has 80 valence electrons. The van der Waals surface area contributed by atoms with E-state index < -0.39 is 5.97 Å². The number of carboxylic acids is 1. The third-order valence-electron chi connectivity index (χ3n) is 0.759. The molecule has 0 aromatic carbocycles. The van der Waals surface area contributed by atoms with Crippen LogP contribution in [-0.2, 0) is 9.59 Å². The molecule has 0 aliphatic heterocycles. The van der Waals surface area contributed by atoms with Gasteiger partial charge in [0.25, 0.3) is 0 Å². The lowest BCUT2D eigenvalue weighted by Crippen LogP contribution is -2.28. The van der Waals surface area contributed by atoms with Crippen LogP contribution in [0.25, 0.3) is 0 Å². The standard InChI is InChI=1S/C4H11N5.C2H2O3/c1-9(2)4(7)8-3(5)6;3-1-2(4)5/h1-2H3,(H5,5,6,7,8);1H,(H,4,5). The van der Waals surface area contributed by atoms with Gasteiger partial charge in [0.2, 0.25) is 12.2 Å². The van der Waals surface area contributed by atoms with Gasteiger partial charge in [-0.1, -0.05) is 0 Å². The van der Waals surface area contributed by atoms with Crippen molar-refractivity contribution in [3.8, 4) is 0 Å². The number of aldehydes is 1. The minimum Gasteiger partial charge on any atom is -0.476 e. The highest BCUT2D eigenvalue weighted by Crippen LogP contribution is 1.78. The van der Waals surface area contributed by atoms with E-state index in [-0.39, 0.29) is 18.2 Å². The van der Waals surface area contributed by atoms with Gasteiger partial charge in [-0.3, -0.25) is 10.2 Å². The molecule has 0 aromatic heterocycles. The normalized spacial score (nSPS) is 7.57. The van der Waals surface area contributed by atoms with Crippen molar-refractivity contribution in [2.45, 2.75) is 0 Å². The molecule has 8 heteroatoms. The van der Waals surface area contributed by atoms with E-state index in [1.54, 1.807) is 14.1 Å². The number of nitrogens with zero attached hydrogens (tertiary/aromatic N) is 2. The number of carbonyl (C=O) groups is 2. The lowest BCUT2D eigenvalue weighted by molar-refractivity contribution is -0.143. The molecule has 0 atom stereocenters. The van der Waals surface area contributed by atoms with Crippen molar-refractivity contribution in [1.29, 1.82) is 5.41 Å². The number of carbonyl (C=O) groups excluding carboxylic acids is 1. The van der Waals surface area contributed by atoms with Crippen LogP contribution in [0.1, 0.15) is 0 Å². The van der Waals surface area contributed by atoms with Crippen molar-refractivity contribution in [2.75, 3.05) is 14.1 Å². The number of aliphatic imine (C=N–C) groups is 1. The predicted molar refractivity (Wildman–Crippen MR) is 50.9 cm³/mol. The Kier molecular flexibility index (Phi) is 7.74. The van der Waals surface area contributed by atoms with Gasteiger partial charge in [-0.25, -0.2) is 4.79 Å². The van der Waals surface area contributed by atoms with Crippen molar-refractivity contribution in [2.24, 2.45) is 16.5 Å². The Bertz CT molecular complexity index is 244. The van der Waals surface area contributed by atoms with Gasteiger partial charge < -0.3 is 21.5 Å². The van der Waals surface area contributed by atoms with Crippen LogP contribution in [0.4, 0.5) is 0 Å². The number of aliphatic carboxylic acids is 1. The first-order valence-corrected chi connectivity index (χ1v) is 3.34. The van der Waals surface area contributed by atoms with Gasteiger partial charge in [0.05, 0.1) is 0 Å².